The molecule has 2 heteroatoms. The van der Waals surface area contributed by atoms with Crippen LogP contribution in [0.4, 0.5) is 0 Å². The van der Waals surface area contributed by atoms with Gasteiger partial charge < -0.3 is 5.73 Å². The summed E-state index contributed by atoms with van der Waals surface area (Å²) in [5.41, 5.74) is 8.04. The zero-order valence-electron chi connectivity index (χ0n) is 9.15. The van der Waals surface area contributed by atoms with Gasteiger partial charge >= 0.3 is 0 Å². The minimum absolute atomic E-state index is 0.480. The van der Waals surface area contributed by atoms with Gasteiger partial charge in [0.05, 0.1) is 5.54 Å². The Morgan fingerprint density at radius 1 is 0.875 bits per heavy atom. The molecule has 16 heavy (non-hydrogen) atoms. The Morgan fingerprint density at radius 2 is 1.38 bits per heavy atom. The first-order chi connectivity index (χ1) is 7.60. The van der Waals surface area contributed by atoms with E-state index in [1.165, 1.54) is 0 Å². The molecule has 2 N–H and O–H groups in total. The molecule has 0 bridgehead atoms. The lowest BCUT2D eigenvalue weighted by Gasteiger charge is -2.26. The summed E-state index contributed by atoms with van der Waals surface area (Å²) in [5, 5.41) is 0.729. The Kier molecular flexibility index (Phi) is 2.99. The molecule has 2 rings (SSSR count). The number of rotatable bonds is 2. The molecule has 0 aliphatic heterocycles. The largest absolute Gasteiger partial charge is 0.318 e. The summed E-state index contributed by atoms with van der Waals surface area (Å²) in [6, 6.07) is 17.7. The van der Waals surface area contributed by atoms with Crippen LogP contribution in [0.25, 0.3) is 0 Å². The van der Waals surface area contributed by atoms with Crippen LogP contribution in [-0.2, 0) is 5.54 Å². The van der Waals surface area contributed by atoms with E-state index in [-0.39, 0.29) is 0 Å². The maximum absolute atomic E-state index is 6.37. The maximum atomic E-state index is 6.37. The third-order valence-electron chi connectivity index (χ3n) is 2.82. The summed E-state index contributed by atoms with van der Waals surface area (Å²) in [6.07, 6.45) is 0. The second-order valence-electron chi connectivity index (χ2n) is 4.08. The first-order valence-electron chi connectivity index (χ1n) is 5.21. The van der Waals surface area contributed by atoms with Crippen molar-refractivity contribution in [3.63, 3.8) is 0 Å². The highest BCUT2D eigenvalue weighted by molar-refractivity contribution is 6.30. The number of nitrogens with two attached hydrogens (primary N) is 1. The molecule has 0 saturated heterocycles. The lowest BCUT2D eigenvalue weighted by atomic mass is 9.86. The van der Waals surface area contributed by atoms with Gasteiger partial charge in [0.1, 0.15) is 0 Å². The fraction of sp³-hybridized carbons (Fsp3) is 0.143. The van der Waals surface area contributed by atoms with E-state index in [0.29, 0.717) is 0 Å². The van der Waals surface area contributed by atoms with Crippen LogP contribution in [0, 0.1) is 0 Å². The summed E-state index contributed by atoms with van der Waals surface area (Å²) in [5.74, 6) is 0. The highest BCUT2D eigenvalue weighted by Gasteiger charge is 2.22. The predicted molar refractivity (Wildman–Crippen MR) is 68.5 cm³/mol. The van der Waals surface area contributed by atoms with Gasteiger partial charge in [0.25, 0.3) is 0 Å². The average molecular weight is 232 g/mol. The van der Waals surface area contributed by atoms with Crippen molar-refractivity contribution in [2.24, 2.45) is 5.73 Å². The molecule has 0 radical (unpaired) electrons. The lowest BCUT2D eigenvalue weighted by molar-refractivity contribution is 0.603. The van der Waals surface area contributed by atoms with Crippen LogP contribution in [0.2, 0.25) is 5.02 Å². The van der Waals surface area contributed by atoms with Crippen LogP contribution in [0.3, 0.4) is 0 Å². The number of hydrogen-bond acceptors (Lipinski definition) is 1. The van der Waals surface area contributed by atoms with Crippen LogP contribution >= 0.6 is 11.6 Å². The molecule has 0 aliphatic rings. The van der Waals surface area contributed by atoms with Crippen LogP contribution in [0.15, 0.2) is 54.6 Å². The smallest absolute Gasteiger partial charge is 0.0636 e. The third kappa shape index (κ3) is 2.11. The highest BCUT2D eigenvalue weighted by Crippen LogP contribution is 2.27. The van der Waals surface area contributed by atoms with Gasteiger partial charge in [-0.1, -0.05) is 54.1 Å². The van der Waals surface area contributed by atoms with Crippen LogP contribution in [-0.4, -0.2) is 0 Å². The van der Waals surface area contributed by atoms with E-state index in [1.807, 2.05) is 61.5 Å². The van der Waals surface area contributed by atoms with Crippen molar-refractivity contribution in [1.82, 2.24) is 0 Å². The maximum Gasteiger partial charge on any atom is 0.0636 e. The van der Waals surface area contributed by atoms with Crippen molar-refractivity contribution in [1.29, 1.82) is 0 Å². The molecule has 0 fully saturated rings. The molecule has 0 aliphatic carbocycles. The standard InChI is InChI=1S/C14H14ClN/c1-14(16,11-5-3-2-4-6-11)12-7-9-13(15)10-8-12/h2-10H,16H2,1H3/t14-/m0/s1. The zero-order chi connectivity index (χ0) is 11.6. The molecule has 0 unspecified atom stereocenters. The summed E-state index contributed by atoms with van der Waals surface area (Å²) in [7, 11) is 0. The van der Waals surface area contributed by atoms with E-state index in [1.54, 1.807) is 0 Å². The second kappa shape index (κ2) is 4.28. The molecular formula is C14H14ClN. The van der Waals surface area contributed by atoms with E-state index >= 15 is 0 Å². The van der Waals surface area contributed by atoms with E-state index in [4.69, 9.17) is 17.3 Å². The van der Waals surface area contributed by atoms with Crippen molar-refractivity contribution in [3.8, 4) is 0 Å². The Balaban J connectivity index is 2.43. The molecule has 1 atom stereocenters. The monoisotopic (exact) mass is 231 g/mol. The molecule has 0 saturated carbocycles. The predicted octanol–water partition coefficient (Wildman–Crippen LogP) is 3.56. The zero-order valence-corrected chi connectivity index (χ0v) is 9.91. The van der Waals surface area contributed by atoms with Crippen LogP contribution < -0.4 is 5.73 Å². The molecular weight excluding hydrogens is 218 g/mol. The first-order valence-corrected chi connectivity index (χ1v) is 5.59. The molecule has 2 aromatic carbocycles. The Hall–Kier alpha value is -1.31. The Bertz CT molecular complexity index is 460. The minimum Gasteiger partial charge on any atom is -0.318 e. The van der Waals surface area contributed by atoms with Gasteiger partial charge in [-0.05, 0) is 30.2 Å². The van der Waals surface area contributed by atoms with Crippen molar-refractivity contribution < 1.29 is 0 Å². The summed E-state index contributed by atoms with van der Waals surface area (Å²) in [6.45, 7) is 2.01. The fourth-order valence-corrected chi connectivity index (χ4v) is 1.87. The van der Waals surface area contributed by atoms with Gasteiger partial charge in [-0.25, -0.2) is 0 Å². The normalized spacial score (nSPS) is 14.4. The minimum atomic E-state index is -0.480. The van der Waals surface area contributed by atoms with E-state index < -0.39 is 5.54 Å². The topological polar surface area (TPSA) is 26.0 Å². The summed E-state index contributed by atoms with van der Waals surface area (Å²) >= 11 is 5.87. The van der Waals surface area contributed by atoms with E-state index in [0.717, 1.165) is 16.1 Å². The van der Waals surface area contributed by atoms with Crippen LogP contribution in [0.1, 0.15) is 18.1 Å². The van der Waals surface area contributed by atoms with Crippen LogP contribution in [0.5, 0.6) is 0 Å². The average Bonchev–Trinajstić information content (AvgIpc) is 2.31. The van der Waals surface area contributed by atoms with Crippen molar-refractivity contribution in [3.05, 3.63) is 70.7 Å². The molecule has 1 nitrogen and oxygen atoms in total. The molecule has 82 valence electrons. The summed E-state index contributed by atoms with van der Waals surface area (Å²) in [4.78, 5) is 0. The fourth-order valence-electron chi connectivity index (χ4n) is 1.75. The number of halogens is 1. The Morgan fingerprint density at radius 3 is 1.94 bits per heavy atom. The van der Waals surface area contributed by atoms with Crippen molar-refractivity contribution >= 4 is 11.6 Å². The third-order valence-corrected chi connectivity index (χ3v) is 3.07. The van der Waals surface area contributed by atoms with Gasteiger partial charge in [0.15, 0.2) is 0 Å². The highest BCUT2D eigenvalue weighted by atomic mass is 35.5. The van der Waals surface area contributed by atoms with E-state index in [9.17, 15) is 0 Å². The number of hydrogen-bond donors (Lipinski definition) is 1. The van der Waals surface area contributed by atoms with E-state index in [2.05, 4.69) is 0 Å². The molecule has 0 heterocycles. The van der Waals surface area contributed by atoms with Gasteiger partial charge in [0, 0.05) is 5.02 Å². The van der Waals surface area contributed by atoms with Gasteiger partial charge in [0.2, 0.25) is 0 Å². The molecule has 0 amide bonds. The molecule has 0 aromatic heterocycles. The molecule has 0 spiro atoms. The van der Waals surface area contributed by atoms with Gasteiger partial charge in [-0.3, -0.25) is 0 Å². The number of benzene rings is 2. The second-order valence-corrected chi connectivity index (χ2v) is 4.51. The first kappa shape index (κ1) is 11.2. The van der Waals surface area contributed by atoms with Crippen molar-refractivity contribution in [2.45, 2.75) is 12.5 Å². The van der Waals surface area contributed by atoms with Crippen molar-refractivity contribution in [2.75, 3.05) is 0 Å². The molecule has 2 aromatic rings. The van der Waals surface area contributed by atoms with Gasteiger partial charge in [-0.15, -0.1) is 0 Å². The van der Waals surface area contributed by atoms with Gasteiger partial charge in [-0.2, -0.15) is 0 Å². The lowest BCUT2D eigenvalue weighted by Crippen LogP contribution is -2.34. The Labute approximate surface area is 101 Å². The quantitative estimate of drug-likeness (QED) is 0.840. The summed E-state index contributed by atoms with van der Waals surface area (Å²) < 4.78 is 0. The SMILES string of the molecule is C[C@](N)(c1ccccc1)c1ccc(Cl)cc1.